The van der Waals surface area contributed by atoms with Crippen molar-refractivity contribution < 1.29 is 17.9 Å². The number of amides is 1. The number of carbonyl (C=O) groups is 1. The van der Waals surface area contributed by atoms with Crippen LogP contribution in [0.15, 0.2) is 47.4 Å². The van der Waals surface area contributed by atoms with Gasteiger partial charge in [0.25, 0.3) is 10.0 Å². The highest BCUT2D eigenvalue weighted by atomic mass is 32.2. The summed E-state index contributed by atoms with van der Waals surface area (Å²) >= 11 is 0. The van der Waals surface area contributed by atoms with Gasteiger partial charge in [0.05, 0.1) is 23.8 Å². The van der Waals surface area contributed by atoms with Crippen molar-refractivity contribution in [3.8, 4) is 11.1 Å². The highest BCUT2D eigenvalue weighted by Crippen LogP contribution is 2.43. The number of carbonyl (C=O) groups excluding carboxylic acids is 1. The van der Waals surface area contributed by atoms with Crippen molar-refractivity contribution in [2.45, 2.75) is 31.1 Å². The fraction of sp³-hybridized carbons (Fsp3) is 0.458. The summed E-state index contributed by atoms with van der Waals surface area (Å²) < 4.78 is 33.4. The predicted octanol–water partition coefficient (Wildman–Crippen LogP) is 2.82. The van der Waals surface area contributed by atoms with Gasteiger partial charge >= 0.3 is 0 Å². The first kappa shape index (κ1) is 22.8. The Labute approximate surface area is 190 Å². The van der Waals surface area contributed by atoms with Crippen molar-refractivity contribution in [1.29, 1.82) is 0 Å². The molecule has 4 rings (SSSR count). The fourth-order valence-corrected chi connectivity index (χ4v) is 5.87. The van der Waals surface area contributed by atoms with E-state index in [4.69, 9.17) is 4.74 Å². The standard InChI is InChI=1S/C24H31N3O4S/c1-18(2)19-8-9-22-21(16-19)20-6-3-4-7-23(20)32(29,30)27(22)17-24(28)25-10-5-11-26-12-14-31-15-13-26/h3-4,6-9,16,18H,5,10-15,17H2,1-2H3,(H,25,28). The number of benzene rings is 2. The van der Waals surface area contributed by atoms with E-state index in [1.807, 2.05) is 30.3 Å². The van der Waals surface area contributed by atoms with E-state index in [1.54, 1.807) is 12.1 Å². The van der Waals surface area contributed by atoms with E-state index >= 15 is 0 Å². The summed E-state index contributed by atoms with van der Waals surface area (Å²) in [5.41, 5.74) is 3.22. The maximum absolute atomic E-state index is 13.4. The van der Waals surface area contributed by atoms with Crippen LogP contribution in [0.4, 0.5) is 5.69 Å². The van der Waals surface area contributed by atoms with Crippen LogP contribution < -0.4 is 9.62 Å². The van der Waals surface area contributed by atoms with Gasteiger partial charge in [0, 0.05) is 30.8 Å². The molecule has 0 spiro atoms. The molecule has 8 heteroatoms. The minimum absolute atomic E-state index is 0.234. The molecule has 0 radical (unpaired) electrons. The number of morpholine rings is 1. The Morgan fingerprint density at radius 2 is 1.84 bits per heavy atom. The van der Waals surface area contributed by atoms with E-state index in [9.17, 15) is 13.2 Å². The van der Waals surface area contributed by atoms with Crippen LogP contribution in [0.1, 0.15) is 31.7 Å². The normalized spacial score (nSPS) is 17.7. The summed E-state index contributed by atoms with van der Waals surface area (Å²) in [6.07, 6.45) is 0.815. The van der Waals surface area contributed by atoms with Crippen LogP contribution in [0.2, 0.25) is 0 Å². The summed E-state index contributed by atoms with van der Waals surface area (Å²) in [4.78, 5) is 15.3. The number of nitrogens with one attached hydrogen (secondary N) is 1. The molecule has 0 unspecified atom stereocenters. The first-order valence-corrected chi connectivity index (χ1v) is 12.6. The summed E-state index contributed by atoms with van der Waals surface area (Å²) in [7, 11) is -3.82. The minimum atomic E-state index is -3.82. The average Bonchev–Trinajstić information content (AvgIpc) is 2.80. The zero-order chi connectivity index (χ0) is 22.7. The molecule has 1 N–H and O–H groups in total. The first-order chi connectivity index (χ1) is 15.4. The van der Waals surface area contributed by atoms with Crippen molar-refractivity contribution >= 4 is 21.6 Å². The number of nitrogens with zero attached hydrogens (tertiary/aromatic N) is 2. The summed E-state index contributed by atoms with van der Waals surface area (Å²) in [5, 5.41) is 2.89. The Balaban J connectivity index is 1.50. The molecular formula is C24H31N3O4S. The average molecular weight is 458 g/mol. The van der Waals surface area contributed by atoms with Gasteiger partial charge in [0.2, 0.25) is 5.91 Å². The first-order valence-electron chi connectivity index (χ1n) is 11.2. The SMILES string of the molecule is CC(C)c1ccc2c(c1)-c1ccccc1S(=O)(=O)N2CC(=O)NCCCN1CCOCC1. The van der Waals surface area contributed by atoms with E-state index < -0.39 is 10.0 Å². The maximum Gasteiger partial charge on any atom is 0.265 e. The number of sulfonamides is 1. The Kier molecular flexibility index (Phi) is 6.83. The lowest BCUT2D eigenvalue weighted by molar-refractivity contribution is -0.119. The number of ether oxygens (including phenoxy) is 1. The van der Waals surface area contributed by atoms with E-state index in [0.717, 1.165) is 50.4 Å². The van der Waals surface area contributed by atoms with Crippen LogP contribution in [0, 0.1) is 0 Å². The molecule has 2 aromatic rings. The van der Waals surface area contributed by atoms with Crippen LogP contribution in [0.3, 0.4) is 0 Å². The number of anilines is 1. The lowest BCUT2D eigenvalue weighted by Crippen LogP contribution is -2.43. The third-order valence-electron chi connectivity index (χ3n) is 6.07. The van der Waals surface area contributed by atoms with Crippen LogP contribution in [0.25, 0.3) is 11.1 Å². The summed E-state index contributed by atoms with van der Waals surface area (Å²) in [6, 6.07) is 12.8. The van der Waals surface area contributed by atoms with Crippen LogP contribution in [0.5, 0.6) is 0 Å². The van der Waals surface area contributed by atoms with Gasteiger partial charge in [-0.2, -0.15) is 0 Å². The number of hydrogen-bond acceptors (Lipinski definition) is 5. The zero-order valence-electron chi connectivity index (χ0n) is 18.7. The molecule has 2 aliphatic heterocycles. The van der Waals surface area contributed by atoms with Crippen LogP contribution in [-0.2, 0) is 19.6 Å². The zero-order valence-corrected chi connectivity index (χ0v) is 19.5. The molecule has 0 atom stereocenters. The van der Waals surface area contributed by atoms with Gasteiger partial charge in [-0.15, -0.1) is 0 Å². The van der Waals surface area contributed by atoms with Crippen molar-refractivity contribution in [2.75, 3.05) is 50.2 Å². The molecule has 2 heterocycles. The van der Waals surface area contributed by atoms with E-state index in [1.165, 1.54) is 4.31 Å². The number of hydrogen-bond donors (Lipinski definition) is 1. The van der Waals surface area contributed by atoms with Gasteiger partial charge in [-0.1, -0.05) is 38.1 Å². The third-order valence-corrected chi connectivity index (χ3v) is 7.88. The smallest absolute Gasteiger partial charge is 0.265 e. The van der Waals surface area contributed by atoms with Gasteiger partial charge in [0.1, 0.15) is 6.54 Å². The molecule has 2 aliphatic rings. The fourth-order valence-electron chi connectivity index (χ4n) is 4.22. The van der Waals surface area contributed by atoms with Gasteiger partial charge in [-0.05, 0) is 42.6 Å². The molecule has 0 bridgehead atoms. The molecule has 7 nitrogen and oxygen atoms in total. The van der Waals surface area contributed by atoms with Gasteiger partial charge in [-0.3, -0.25) is 14.0 Å². The highest BCUT2D eigenvalue weighted by Gasteiger charge is 2.36. The summed E-state index contributed by atoms with van der Waals surface area (Å²) in [6.45, 7) is 8.70. The largest absolute Gasteiger partial charge is 0.379 e. The molecule has 1 saturated heterocycles. The second-order valence-corrected chi connectivity index (χ2v) is 10.4. The Morgan fingerprint density at radius 1 is 1.09 bits per heavy atom. The molecular weight excluding hydrogens is 426 g/mol. The van der Waals surface area contributed by atoms with Crippen molar-refractivity contribution in [1.82, 2.24) is 10.2 Å². The monoisotopic (exact) mass is 457 g/mol. The molecule has 0 aromatic heterocycles. The van der Waals surface area contributed by atoms with Gasteiger partial charge in [0.15, 0.2) is 0 Å². The van der Waals surface area contributed by atoms with Crippen molar-refractivity contribution in [2.24, 2.45) is 0 Å². The van der Waals surface area contributed by atoms with Crippen LogP contribution in [-0.4, -0.2) is 65.2 Å². The molecule has 0 aliphatic carbocycles. The Morgan fingerprint density at radius 3 is 2.59 bits per heavy atom. The maximum atomic E-state index is 13.4. The summed E-state index contributed by atoms with van der Waals surface area (Å²) in [5.74, 6) is 0.0167. The van der Waals surface area contributed by atoms with Gasteiger partial charge in [-0.25, -0.2) is 8.42 Å². The minimum Gasteiger partial charge on any atom is -0.379 e. The van der Waals surface area contributed by atoms with E-state index in [2.05, 4.69) is 24.1 Å². The van der Waals surface area contributed by atoms with Crippen molar-refractivity contribution in [3.05, 3.63) is 48.0 Å². The molecule has 172 valence electrons. The lowest BCUT2D eigenvalue weighted by atomic mass is 9.95. The third kappa shape index (κ3) is 4.67. The molecule has 1 amide bonds. The highest BCUT2D eigenvalue weighted by molar-refractivity contribution is 7.93. The van der Waals surface area contributed by atoms with Crippen LogP contribution >= 0.6 is 0 Å². The molecule has 32 heavy (non-hydrogen) atoms. The number of fused-ring (bicyclic) bond motifs is 3. The molecule has 1 fully saturated rings. The van der Waals surface area contributed by atoms with E-state index in [0.29, 0.717) is 23.7 Å². The Bertz CT molecular complexity index is 1080. The Hall–Kier alpha value is -2.42. The number of rotatable bonds is 7. The lowest BCUT2D eigenvalue weighted by Gasteiger charge is -2.32. The molecule has 0 saturated carbocycles. The second-order valence-electron chi connectivity index (χ2n) is 8.60. The topological polar surface area (TPSA) is 79.0 Å². The quantitative estimate of drug-likeness (QED) is 0.647. The van der Waals surface area contributed by atoms with Crippen molar-refractivity contribution in [3.63, 3.8) is 0 Å². The van der Waals surface area contributed by atoms with Gasteiger partial charge < -0.3 is 10.1 Å². The molecule has 2 aromatic carbocycles. The predicted molar refractivity (Wildman–Crippen MR) is 125 cm³/mol. The van der Waals surface area contributed by atoms with E-state index in [-0.39, 0.29) is 17.3 Å². The second kappa shape index (κ2) is 9.60.